The highest BCUT2D eigenvalue weighted by atomic mass is 19.4. The average molecular weight is 236 g/mol. The van der Waals surface area contributed by atoms with Crippen molar-refractivity contribution in [3.8, 4) is 0 Å². The summed E-state index contributed by atoms with van der Waals surface area (Å²) < 4.78 is 39.6. The highest BCUT2D eigenvalue weighted by Gasteiger charge is 2.28. The molecule has 0 saturated heterocycles. The molecular weight excluding hydrogens is 225 g/mol. The van der Waals surface area contributed by atoms with Gasteiger partial charge in [0.2, 0.25) is 0 Å². The number of ether oxygens (including phenoxy) is 1. The molecule has 0 aliphatic carbocycles. The van der Waals surface area contributed by atoms with Crippen LogP contribution in [0.5, 0.6) is 0 Å². The van der Waals surface area contributed by atoms with E-state index in [0.717, 1.165) is 4.57 Å². The quantitative estimate of drug-likeness (QED) is 0.859. The Hall–Kier alpha value is -1.50. The Morgan fingerprint density at radius 3 is 2.69 bits per heavy atom. The molecule has 1 heterocycles. The van der Waals surface area contributed by atoms with Crippen LogP contribution in [0.3, 0.4) is 0 Å². The number of alkyl halides is 3. The second kappa shape index (κ2) is 4.56. The number of rotatable bonds is 3. The van der Waals surface area contributed by atoms with Crippen LogP contribution in [0.2, 0.25) is 0 Å². The van der Waals surface area contributed by atoms with Crippen molar-refractivity contribution in [2.75, 3.05) is 12.3 Å². The summed E-state index contributed by atoms with van der Waals surface area (Å²) in [5, 5.41) is 0. The number of nitrogen functional groups attached to an aromatic ring is 1. The van der Waals surface area contributed by atoms with Crippen molar-refractivity contribution in [3.05, 3.63) is 28.2 Å². The van der Waals surface area contributed by atoms with Gasteiger partial charge in [-0.1, -0.05) is 0 Å². The standard InChI is InChI=1S/C9H11F3N2O2/c1-6-4-8(15)14(5-7(6)13)2-3-16-9(10,11)12/h4-5H,2-3,13H2,1H3. The van der Waals surface area contributed by atoms with Gasteiger partial charge in [0.05, 0.1) is 12.3 Å². The molecule has 90 valence electrons. The molecule has 0 amide bonds. The van der Waals surface area contributed by atoms with Crippen LogP contribution in [0, 0.1) is 6.92 Å². The Morgan fingerprint density at radius 1 is 1.50 bits per heavy atom. The Morgan fingerprint density at radius 2 is 2.12 bits per heavy atom. The minimum absolute atomic E-state index is 0.192. The SMILES string of the molecule is Cc1cc(=O)n(CCOC(F)(F)F)cc1N. The van der Waals surface area contributed by atoms with Gasteiger partial charge in [0.15, 0.2) is 0 Å². The number of pyridine rings is 1. The molecule has 0 unspecified atom stereocenters. The number of nitrogens with zero attached hydrogens (tertiary/aromatic N) is 1. The van der Waals surface area contributed by atoms with Crippen molar-refractivity contribution in [2.45, 2.75) is 19.8 Å². The van der Waals surface area contributed by atoms with E-state index in [0.29, 0.717) is 11.3 Å². The topological polar surface area (TPSA) is 57.2 Å². The predicted octanol–water partition coefficient (Wildman–Crippen LogP) is 1.28. The van der Waals surface area contributed by atoms with E-state index in [1.165, 1.54) is 12.3 Å². The molecule has 0 aliphatic heterocycles. The third kappa shape index (κ3) is 3.58. The third-order valence-electron chi connectivity index (χ3n) is 1.97. The van der Waals surface area contributed by atoms with Gasteiger partial charge in [-0.3, -0.25) is 9.53 Å². The zero-order valence-electron chi connectivity index (χ0n) is 8.54. The maximum absolute atomic E-state index is 11.7. The van der Waals surface area contributed by atoms with Crippen LogP contribution < -0.4 is 11.3 Å². The molecule has 0 bridgehead atoms. The molecule has 1 rings (SSSR count). The van der Waals surface area contributed by atoms with Crippen LogP contribution >= 0.6 is 0 Å². The van der Waals surface area contributed by atoms with Gasteiger partial charge in [-0.15, -0.1) is 13.2 Å². The van der Waals surface area contributed by atoms with Gasteiger partial charge >= 0.3 is 6.36 Å². The summed E-state index contributed by atoms with van der Waals surface area (Å²) in [5.74, 6) is 0. The monoisotopic (exact) mass is 236 g/mol. The van der Waals surface area contributed by atoms with Crippen LogP contribution in [0.25, 0.3) is 0 Å². The second-order valence-corrected chi connectivity index (χ2v) is 3.24. The average Bonchev–Trinajstić information content (AvgIpc) is 2.11. The lowest BCUT2D eigenvalue weighted by atomic mass is 10.2. The smallest absolute Gasteiger partial charge is 0.397 e. The minimum Gasteiger partial charge on any atom is -0.397 e. The lowest BCUT2D eigenvalue weighted by Crippen LogP contribution is -2.24. The van der Waals surface area contributed by atoms with Crippen LogP contribution in [-0.2, 0) is 11.3 Å². The molecule has 0 aromatic carbocycles. The number of anilines is 1. The highest BCUT2D eigenvalue weighted by molar-refractivity contribution is 5.42. The molecule has 16 heavy (non-hydrogen) atoms. The molecule has 1 aromatic rings. The summed E-state index contributed by atoms with van der Waals surface area (Å²) in [6, 6.07) is 1.27. The fourth-order valence-corrected chi connectivity index (χ4v) is 1.12. The van der Waals surface area contributed by atoms with Crippen molar-refractivity contribution < 1.29 is 17.9 Å². The lowest BCUT2D eigenvalue weighted by molar-refractivity contribution is -0.325. The summed E-state index contributed by atoms with van der Waals surface area (Å²) in [4.78, 5) is 11.3. The predicted molar refractivity (Wildman–Crippen MR) is 51.9 cm³/mol. The number of halogens is 3. The van der Waals surface area contributed by atoms with Gasteiger partial charge in [0.25, 0.3) is 5.56 Å². The molecule has 1 aromatic heterocycles. The van der Waals surface area contributed by atoms with Gasteiger partial charge in [0, 0.05) is 18.8 Å². The first-order chi connectivity index (χ1) is 7.29. The van der Waals surface area contributed by atoms with Crippen molar-refractivity contribution in [1.82, 2.24) is 4.57 Å². The molecule has 0 fully saturated rings. The van der Waals surface area contributed by atoms with Crippen molar-refractivity contribution in [1.29, 1.82) is 0 Å². The maximum atomic E-state index is 11.7. The summed E-state index contributed by atoms with van der Waals surface area (Å²) in [6.45, 7) is 0.835. The summed E-state index contributed by atoms with van der Waals surface area (Å²) in [7, 11) is 0. The first-order valence-corrected chi connectivity index (χ1v) is 4.47. The summed E-state index contributed by atoms with van der Waals surface area (Å²) in [5.41, 5.74) is 6.07. The normalized spacial score (nSPS) is 11.8. The van der Waals surface area contributed by atoms with Gasteiger partial charge in [-0.05, 0) is 12.5 Å². The zero-order valence-corrected chi connectivity index (χ0v) is 8.54. The number of aryl methyl sites for hydroxylation is 1. The molecule has 0 radical (unpaired) electrons. The third-order valence-corrected chi connectivity index (χ3v) is 1.97. The lowest BCUT2D eigenvalue weighted by Gasteiger charge is -2.10. The Labute approximate surface area is 89.4 Å². The number of aromatic nitrogens is 1. The van der Waals surface area contributed by atoms with E-state index >= 15 is 0 Å². The second-order valence-electron chi connectivity index (χ2n) is 3.24. The van der Waals surface area contributed by atoms with Crippen LogP contribution in [0.1, 0.15) is 5.56 Å². The van der Waals surface area contributed by atoms with Crippen LogP contribution in [-0.4, -0.2) is 17.5 Å². The number of hydrogen-bond donors (Lipinski definition) is 1. The maximum Gasteiger partial charge on any atom is 0.522 e. The Balaban J connectivity index is 2.68. The van der Waals surface area contributed by atoms with Gasteiger partial charge in [-0.2, -0.15) is 0 Å². The molecule has 2 N–H and O–H groups in total. The number of hydrogen-bond acceptors (Lipinski definition) is 3. The molecular formula is C9H11F3N2O2. The van der Waals surface area contributed by atoms with Crippen LogP contribution in [0.4, 0.5) is 18.9 Å². The molecule has 4 nitrogen and oxygen atoms in total. The van der Waals surface area contributed by atoms with Crippen LogP contribution in [0.15, 0.2) is 17.1 Å². The highest BCUT2D eigenvalue weighted by Crippen LogP contribution is 2.15. The van der Waals surface area contributed by atoms with E-state index in [-0.39, 0.29) is 6.54 Å². The zero-order chi connectivity index (χ0) is 12.3. The van der Waals surface area contributed by atoms with E-state index < -0.39 is 18.5 Å². The first kappa shape index (κ1) is 12.6. The molecule has 0 spiro atoms. The molecule has 0 atom stereocenters. The molecule has 7 heteroatoms. The fraction of sp³-hybridized carbons (Fsp3) is 0.444. The van der Waals surface area contributed by atoms with Gasteiger partial charge in [0.1, 0.15) is 0 Å². The van der Waals surface area contributed by atoms with Crippen molar-refractivity contribution in [3.63, 3.8) is 0 Å². The van der Waals surface area contributed by atoms with E-state index in [4.69, 9.17) is 5.73 Å². The fourth-order valence-electron chi connectivity index (χ4n) is 1.12. The Kier molecular flexibility index (Phi) is 3.58. The largest absolute Gasteiger partial charge is 0.522 e. The van der Waals surface area contributed by atoms with E-state index in [1.54, 1.807) is 6.92 Å². The van der Waals surface area contributed by atoms with E-state index in [9.17, 15) is 18.0 Å². The van der Waals surface area contributed by atoms with Gasteiger partial charge in [-0.25, -0.2) is 0 Å². The summed E-state index contributed by atoms with van der Waals surface area (Å²) in [6.07, 6.45) is -3.38. The van der Waals surface area contributed by atoms with Crippen molar-refractivity contribution in [2.24, 2.45) is 0 Å². The first-order valence-electron chi connectivity index (χ1n) is 4.47. The Bertz CT molecular complexity index is 426. The molecule has 0 aliphatic rings. The van der Waals surface area contributed by atoms with E-state index in [2.05, 4.69) is 4.74 Å². The molecule has 0 saturated carbocycles. The minimum atomic E-state index is -4.68. The van der Waals surface area contributed by atoms with Crippen molar-refractivity contribution >= 4 is 5.69 Å². The number of nitrogens with two attached hydrogens (primary N) is 1. The summed E-state index contributed by atoms with van der Waals surface area (Å²) >= 11 is 0. The van der Waals surface area contributed by atoms with Gasteiger partial charge < -0.3 is 10.3 Å². The van der Waals surface area contributed by atoms with E-state index in [1.807, 2.05) is 0 Å².